The number of allylic oxidation sites excluding steroid dienone is 2. The van der Waals surface area contributed by atoms with Crippen LogP contribution in [0.1, 0.15) is 111 Å². The second-order valence-corrected chi connectivity index (χ2v) is 21.5. The molecule has 5 aliphatic carbocycles. The van der Waals surface area contributed by atoms with Crippen molar-refractivity contribution >= 4 is 0 Å². The lowest BCUT2D eigenvalue weighted by Gasteiger charge is -2.73. The number of hydrogen-bond donors (Lipinski definition) is 7. The number of benzene rings is 1. The molecule has 0 bridgehead atoms. The Morgan fingerprint density at radius 2 is 1.52 bits per heavy atom. The van der Waals surface area contributed by atoms with Crippen LogP contribution in [0.5, 0.6) is 0 Å². The number of rotatable bonds is 10. The first-order valence-corrected chi connectivity index (χ1v) is 23.1. The molecular formula is C49H75NO10. The van der Waals surface area contributed by atoms with Crippen LogP contribution in [0.3, 0.4) is 0 Å². The zero-order valence-corrected chi connectivity index (χ0v) is 37.0. The maximum absolute atomic E-state index is 11.5. The first kappa shape index (κ1) is 44.7. The maximum atomic E-state index is 11.5. The van der Waals surface area contributed by atoms with E-state index in [-0.39, 0.29) is 40.8 Å². The zero-order chi connectivity index (χ0) is 43.2. The Morgan fingerprint density at radius 1 is 0.783 bits per heavy atom. The van der Waals surface area contributed by atoms with Crippen LogP contribution in [0.2, 0.25) is 0 Å². The van der Waals surface area contributed by atoms with E-state index in [2.05, 4.69) is 76.8 Å². The molecule has 20 atom stereocenters. The van der Waals surface area contributed by atoms with Gasteiger partial charge in [-0.3, -0.25) is 0 Å². The summed E-state index contributed by atoms with van der Waals surface area (Å²) < 4.78 is 24.6. The molecule has 336 valence electrons. The van der Waals surface area contributed by atoms with Crippen LogP contribution in [0.4, 0.5) is 0 Å². The quantitative estimate of drug-likeness (QED) is 0.116. The molecule has 0 aromatic heterocycles. The molecule has 2 heterocycles. The fraction of sp³-hybridized carbons (Fsp3) is 0.796. The second-order valence-electron chi connectivity index (χ2n) is 21.5. The Morgan fingerprint density at radius 3 is 2.22 bits per heavy atom. The van der Waals surface area contributed by atoms with Crippen molar-refractivity contribution < 1.29 is 49.6 Å². The zero-order valence-electron chi connectivity index (χ0n) is 37.0. The number of aliphatic hydroxyl groups is 6. The summed E-state index contributed by atoms with van der Waals surface area (Å²) in [7, 11) is 0. The smallest absolute Gasteiger partial charge is 0.187 e. The van der Waals surface area contributed by atoms with Crippen molar-refractivity contribution in [3.05, 3.63) is 60.3 Å². The average Bonchev–Trinajstić information content (AvgIpc) is 3.64. The van der Waals surface area contributed by atoms with Crippen molar-refractivity contribution in [3.63, 3.8) is 0 Å². The second kappa shape index (κ2) is 16.3. The Labute approximate surface area is 357 Å². The molecule has 4 unspecified atom stereocenters. The monoisotopic (exact) mass is 838 g/mol. The van der Waals surface area contributed by atoms with Gasteiger partial charge in [0.15, 0.2) is 12.6 Å². The highest BCUT2D eigenvalue weighted by Gasteiger charge is 2.72. The third-order valence-electron chi connectivity index (χ3n) is 18.9. The van der Waals surface area contributed by atoms with Crippen molar-refractivity contribution in [1.82, 2.24) is 5.32 Å². The Hall–Kier alpha value is -1.90. The van der Waals surface area contributed by atoms with E-state index in [4.69, 9.17) is 25.5 Å². The summed E-state index contributed by atoms with van der Waals surface area (Å²) in [5.74, 6) is 2.14. The van der Waals surface area contributed by atoms with Gasteiger partial charge in [-0.05, 0) is 129 Å². The van der Waals surface area contributed by atoms with Gasteiger partial charge < -0.3 is 54.9 Å². The molecule has 0 radical (unpaired) electrons. The standard InChI is InChI=1S/C49H75NO10/c1-27(2)31-16-21-49(29(4)50-24-30-12-10-9-11-13-30)23-22-47(7)32(37(31)49)14-15-35-45(5)19-18-36(46(6,26-51)34(45)17-20-48(35,47)8)59-44-42(39(54)33(52)25-57-44)60-43-41(56)40(55)38(53)28(3)58-43/h9-13,28,31-44,50-56H,1,4,14-26H2,2-3,5-8H3/t28-,31-,32?,33-,34+,35?,36-,37?,38-,39-,40+,41+,42+,43?,44-,45-,46-,47+,48+,49+/m0/s1. The molecule has 2 aliphatic heterocycles. The van der Waals surface area contributed by atoms with E-state index in [1.165, 1.54) is 36.1 Å². The van der Waals surface area contributed by atoms with Gasteiger partial charge in [-0.2, -0.15) is 0 Å². The maximum Gasteiger partial charge on any atom is 0.187 e. The highest BCUT2D eigenvalue weighted by Crippen LogP contribution is 2.78. The molecule has 11 heteroatoms. The first-order valence-electron chi connectivity index (χ1n) is 23.1. The van der Waals surface area contributed by atoms with Gasteiger partial charge in [0.2, 0.25) is 0 Å². The van der Waals surface area contributed by atoms with E-state index in [1.54, 1.807) is 6.92 Å². The lowest BCUT2D eigenvalue weighted by Crippen LogP contribution is -2.68. The van der Waals surface area contributed by atoms with E-state index in [9.17, 15) is 30.6 Å². The van der Waals surface area contributed by atoms with Gasteiger partial charge >= 0.3 is 0 Å². The molecule has 11 nitrogen and oxygen atoms in total. The highest BCUT2D eigenvalue weighted by atomic mass is 16.8. The summed E-state index contributed by atoms with van der Waals surface area (Å²) in [6, 6.07) is 10.6. The molecule has 7 fully saturated rings. The van der Waals surface area contributed by atoms with Crippen LogP contribution in [0, 0.1) is 56.7 Å². The number of ether oxygens (including phenoxy) is 4. The average molecular weight is 838 g/mol. The fourth-order valence-corrected chi connectivity index (χ4v) is 15.3. The van der Waals surface area contributed by atoms with Crippen molar-refractivity contribution in [2.45, 2.75) is 174 Å². The van der Waals surface area contributed by atoms with Crippen molar-refractivity contribution in [1.29, 1.82) is 0 Å². The topological polar surface area (TPSA) is 170 Å². The van der Waals surface area contributed by atoms with Gasteiger partial charge in [-0.1, -0.05) is 76.8 Å². The van der Waals surface area contributed by atoms with Crippen molar-refractivity contribution in [2.75, 3.05) is 13.2 Å². The van der Waals surface area contributed by atoms with Crippen LogP contribution in [-0.2, 0) is 25.5 Å². The Balaban J connectivity index is 1.03. The van der Waals surface area contributed by atoms with E-state index < -0.39 is 66.8 Å². The molecule has 1 aromatic rings. The summed E-state index contributed by atoms with van der Waals surface area (Å²) in [5, 5.41) is 68.6. The largest absolute Gasteiger partial charge is 0.396 e. The summed E-state index contributed by atoms with van der Waals surface area (Å²) in [4.78, 5) is 0. The molecular weight excluding hydrogens is 763 g/mol. The summed E-state index contributed by atoms with van der Waals surface area (Å²) in [6.07, 6.45) is -1.75. The Bertz CT molecular complexity index is 1730. The molecule has 60 heavy (non-hydrogen) atoms. The number of hydrogen-bond acceptors (Lipinski definition) is 11. The third kappa shape index (κ3) is 6.81. The van der Waals surface area contributed by atoms with Gasteiger partial charge in [0, 0.05) is 23.1 Å². The number of fused-ring (bicyclic) bond motifs is 7. The minimum Gasteiger partial charge on any atom is -0.396 e. The number of aliphatic hydroxyl groups excluding tert-OH is 6. The normalized spacial score (nSPS) is 51.4. The summed E-state index contributed by atoms with van der Waals surface area (Å²) >= 11 is 0. The Kier molecular flexibility index (Phi) is 12.1. The minimum atomic E-state index is -1.61. The van der Waals surface area contributed by atoms with Gasteiger partial charge in [0.1, 0.15) is 36.6 Å². The van der Waals surface area contributed by atoms with Crippen molar-refractivity contribution in [3.8, 4) is 0 Å². The molecule has 0 spiro atoms. The van der Waals surface area contributed by atoms with Crippen molar-refractivity contribution in [2.24, 2.45) is 56.7 Å². The van der Waals surface area contributed by atoms with Gasteiger partial charge in [-0.15, -0.1) is 0 Å². The molecule has 7 aliphatic rings. The minimum absolute atomic E-state index is 0.0463. The first-order chi connectivity index (χ1) is 28.4. The molecule has 0 amide bonds. The molecule has 5 saturated carbocycles. The van der Waals surface area contributed by atoms with E-state index in [0.717, 1.165) is 45.1 Å². The van der Waals surface area contributed by atoms with E-state index >= 15 is 0 Å². The van der Waals surface area contributed by atoms with Crippen LogP contribution >= 0.6 is 0 Å². The molecule has 7 N–H and O–H groups in total. The highest BCUT2D eigenvalue weighted by molar-refractivity contribution is 5.28. The summed E-state index contributed by atoms with van der Waals surface area (Å²) in [6.45, 7) is 23.6. The van der Waals surface area contributed by atoms with Crippen LogP contribution in [0.25, 0.3) is 0 Å². The van der Waals surface area contributed by atoms with Gasteiger partial charge in [0.25, 0.3) is 0 Å². The predicted molar refractivity (Wildman–Crippen MR) is 227 cm³/mol. The number of nitrogens with one attached hydrogen (secondary N) is 1. The summed E-state index contributed by atoms with van der Waals surface area (Å²) in [5.41, 5.74) is 3.38. The molecule has 2 saturated heterocycles. The van der Waals surface area contributed by atoms with Crippen LogP contribution in [-0.4, -0.2) is 105 Å². The third-order valence-corrected chi connectivity index (χ3v) is 18.9. The van der Waals surface area contributed by atoms with E-state index in [0.29, 0.717) is 30.1 Å². The SMILES string of the molecule is C=C(C)[C@@H]1CC[C@]2(C(=C)NCc3ccccc3)CC[C@]3(C)C(CCC4[C@@]5(C)CC[C@H](O[C@@H]6OC[C@H](O)[C@H](O)[C@H]6OC6O[C@@H](C)[C@H](O)[C@@H](O)[C@H]6O)[C@@](C)(CO)[C@@H]5CC[C@]43C)C12. The lowest BCUT2D eigenvalue weighted by molar-refractivity contribution is -0.366. The van der Waals surface area contributed by atoms with Crippen LogP contribution in [0.15, 0.2) is 54.8 Å². The lowest BCUT2D eigenvalue weighted by atomic mass is 9.32. The van der Waals surface area contributed by atoms with Gasteiger partial charge in [0.05, 0.1) is 25.4 Å². The molecule has 8 rings (SSSR count). The fourth-order valence-electron chi connectivity index (χ4n) is 15.3. The van der Waals surface area contributed by atoms with Crippen LogP contribution < -0.4 is 5.32 Å². The van der Waals surface area contributed by atoms with Gasteiger partial charge in [-0.25, -0.2) is 0 Å². The predicted octanol–water partition coefficient (Wildman–Crippen LogP) is 5.60. The van der Waals surface area contributed by atoms with E-state index in [1.807, 2.05) is 0 Å². The molecule has 1 aromatic carbocycles.